The van der Waals surface area contributed by atoms with Gasteiger partial charge in [0.2, 0.25) is 0 Å². The number of aryl methyl sites for hydroxylation is 2. The predicted octanol–water partition coefficient (Wildman–Crippen LogP) is 2.25. The second kappa shape index (κ2) is 9.95. The lowest BCUT2D eigenvalue weighted by atomic mass is 9.98. The van der Waals surface area contributed by atoms with E-state index in [4.69, 9.17) is 4.99 Å². The summed E-state index contributed by atoms with van der Waals surface area (Å²) in [6.07, 6.45) is 3.56. The highest BCUT2D eigenvalue weighted by atomic mass is 15.3. The van der Waals surface area contributed by atoms with Crippen LogP contribution in [-0.4, -0.2) is 59.4 Å². The topological polar surface area (TPSA) is 57.5 Å². The molecule has 6 heteroatoms. The Morgan fingerprint density at radius 3 is 2.73 bits per heavy atom. The first-order valence-corrected chi connectivity index (χ1v) is 10.2. The number of rotatable bonds is 7. The molecule has 2 unspecified atom stereocenters. The number of hydrogen-bond acceptors (Lipinski definition) is 3. The number of aliphatic imine (C=N–C) groups is 1. The Morgan fingerprint density at radius 2 is 2.12 bits per heavy atom. The van der Waals surface area contributed by atoms with Crippen LogP contribution in [0.1, 0.15) is 50.6 Å². The van der Waals surface area contributed by atoms with Crippen LogP contribution in [0.2, 0.25) is 0 Å². The number of guanidine groups is 1. The maximum atomic E-state index is 4.88. The Labute approximate surface area is 159 Å². The first kappa shape index (κ1) is 20.7. The van der Waals surface area contributed by atoms with Gasteiger partial charge in [-0.2, -0.15) is 5.10 Å². The molecule has 0 spiro atoms. The fourth-order valence-electron chi connectivity index (χ4n) is 3.83. The summed E-state index contributed by atoms with van der Waals surface area (Å²) in [7, 11) is 2.01. The van der Waals surface area contributed by atoms with Gasteiger partial charge in [0.05, 0.1) is 5.69 Å². The van der Waals surface area contributed by atoms with Crippen LogP contribution in [0.5, 0.6) is 0 Å². The lowest BCUT2D eigenvalue weighted by molar-refractivity contribution is 0.186. The minimum absolute atomic E-state index is 0.313. The van der Waals surface area contributed by atoms with E-state index in [1.165, 1.54) is 37.2 Å². The molecule has 1 fully saturated rings. The smallest absolute Gasteiger partial charge is 0.191 e. The molecule has 148 valence electrons. The number of nitrogens with zero attached hydrogens (tertiary/aromatic N) is 4. The molecule has 1 aromatic rings. The molecular formula is C20H38N6. The van der Waals surface area contributed by atoms with Crippen LogP contribution in [0.25, 0.3) is 0 Å². The van der Waals surface area contributed by atoms with Crippen LogP contribution >= 0.6 is 0 Å². The molecule has 1 aliphatic heterocycles. The SMILES string of the molecule is CCNC(=NCC1CCCN(CC)C1)NC(C)Cc1c(C)nn(C)c1C. The fourth-order valence-corrected chi connectivity index (χ4v) is 3.83. The third-order valence-electron chi connectivity index (χ3n) is 5.45. The van der Waals surface area contributed by atoms with Crippen molar-refractivity contribution in [1.29, 1.82) is 0 Å². The van der Waals surface area contributed by atoms with E-state index in [-0.39, 0.29) is 0 Å². The van der Waals surface area contributed by atoms with E-state index >= 15 is 0 Å². The Hall–Kier alpha value is -1.56. The van der Waals surface area contributed by atoms with Crippen LogP contribution in [-0.2, 0) is 13.5 Å². The minimum Gasteiger partial charge on any atom is -0.357 e. The molecule has 6 nitrogen and oxygen atoms in total. The van der Waals surface area contributed by atoms with Gasteiger partial charge >= 0.3 is 0 Å². The van der Waals surface area contributed by atoms with Crippen molar-refractivity contribution in [3.63, 3.8) is 0 Å². The predicted molar refractivity (Wildman–Crippen MR) is 110 cm³/mol. The van der Waals surface area contributed by atoms with E-state index < -0.39 is 0 Å². The molecule has 0 saturated carbocycles. The van der Waals surface area contributed by atoms with E-state index in [1.807, 2.05) is 11.7 Å². The maximum Gasteiger partial charge on any atom is 0.191 e. The molecule has 2 atom stereocenters. The van der Waals surface area contributed by atoms with Gasteiger partial charge in [0.1, 0.15) is 0 Å². The highest BCUT2D eigenvalue weighted by molar-refractivity contribution is 5.80. The average molecular weight is 363 g/mol. The Balaban J connectivity index is 1.93. The summed E-state index contributed by atoms with van der Waals surface area (Å²) in [5.41, 5.74) is 3.72. The number of likely N-dealkylation sites (tertiary alicyclic amines) is 1. The number of piperidine rings is 1. The molecule has 2 heterocycles. The summed E-state index contributed by atoms with van der Waals surface area (Å²) in [5, 5.41) is 11.5. The van der Waals surface area contributed by atoms with Crippen molar-refractivity contribution in [2.75, 3.05) is 32.7 Å². The molecule has 0 aromatic carbocycles. The molecule has 0 radical (unpaired) electrons. The van der Waals surface area contributed by atoms with E-state index in [0.717, 1.165) is 37.7 Å². The van der Waals surface area contributed by atoms with Crippen LogP contribution in [0, 0.1) is 19.8 Å². The summed E-state index contributed by atoms with van der Waals surface area (Å²) < 4.78 is 1.97. The second-order valence-electron chi connectivity index (χ2n) is 7.64. The van der Waals surface area contributed by atoms with Crippen molar-refractivity contribution < 1.29 is 0 Å². The van der Waals surface area contributed by atoms with Crippen LogP contribution in [0.3, 0.4) is 0 Å². The third kappa shape index (κ3) is 5.73. The maximum absolute atomic E-state index is 4.88. The van der Waals surface area contributed by atoms with Crippen molar-refractivity contribution in [3.05, 3.63) is 17.0 Å². The normalized spacial score (nSPS) is 20.2. The molecule has 1 saturated heterocycles. The average Bonchev–Trinajstić information content (AvgIpc) is 2.86. The first-order chi connectivity index (χ1) is 12.4. The van der Waals surface area contributed by atoms with Gasteiger partial charge in [-0.3, -0.25) is 9.67 Å². The Morgan fingerprint density at radius 1 is 1.35 bits per heavy atom. The zero-order valence-corrected chi connectivity index (χ0v) is 17.6. The standard InChI is InChI=1S/C20H38N6/c1-7-21-20(22-13-18-10-9-11-26(8-2)14-18)23-15(3)12-19-16(4)24-25(6)17(19)5/h15,18H,7-14H2,1-6H3,(H2,21,22,23). The lowest BCUT2D eigenvalue weighted by Gasteiger charge is -2.31. The summed E-state index contributed by atoms with van der Waals surface area (Å²) in [6, 6.07) is 0.313. The Kier molecular flexibility index (Phi) is 7.94. The lowest BCUT2D eigenvalue weighted by Crippen LogP contribution is -2.44. The summed E-state index contributed by atoms with van der Waals surface area (Å²) >= 11 is 0. The molecule has 1 aliphatic rings. The van der Waals surface area contributed by atoms with Gasteiger partial charge in [-0.05, 0) is 71.5 Å². The fraction of sp³-hybridized carbons (Fsp3) is 0.800. The largest absolute Gasteiger partial charge is 0.357 e. The van der Waals surface area contributed by atoms with Gasteiger partial charge in [-0.25, -0.2) is 0 Å². The highest BCUT2D eigenvalue weighted by Gasteiger charge is 2.19. The first-order valence-electron chi connectivity index (χ1n) is 10.2. The summed E-state index contributed by atoms with van der Waals surface area (Å²) in [4.78, 5) is 7.43. The molecular weight excluding hydrogens is 324 g/mol. The van der Waals surface area contributed by atoms with Crippen molar-refractivity contribution in [2.24, 2.45) is 18.0 Å². The zero-order chi connectivity index (χ0) is 19.1. The summed E-state index contributed by atoms with van der Waals surface area (Å²) in [5.74, 6) is 1.62. The minimum atomic E-state index is 0.313. The summed E-state index contributed by atoms with van der Waals surface area (Å²) in [6.45, 7) is 16.2. The van der Waals surface area contributed by atoms with Gasteiger partial charge in [0.15, 0.2) is 5.96 Å². The van der Waals surface area contributed by atoms with Gasteiger partial charge in [-0.1, -0.05) is 6.92 Å². The van der Waals surface area contributed by atoms with E-state index in [1.54, 1.807) is 0 Å². The third-order valence-corrected chi connectivity index (χ3v) is 5.45. The van der Waals surface area contributed by atoms with Crippen molar-refractivity contribution in [3.8, 4) is 0 Å². The second-order valence-corrected chi connectivity index (χ2v) is 7.64. The molecule has 0 amide bonds. The van der Waals surface area contributed by atoms with Crippen LogP contribution < -0.4 is 10.6 Å². The van der Waals surface area contributed by atoms with Crippen LogP contribution in [0.15, 0.2) is 4.99 Å². The van der Waals surface area contributed by atoms with Gasteiger partial charge in [0.25, 0.3) is 0 Å². The molecule has 0 bridgehead atoms. The number of aromatic nitrogens is 2. The van der Waals surface area contributed by atoms with E-state index in [0.29, 0.717) is 12.0 Å². The van der Waals surface area contributed by atoms with Gasteiger partial charge < -0.3 is 15.5 Å². The van der Waals surface area contributed by atoms with Gasteiger partial charge in [-0.15, -0.1) is 0 Å². The highest BCUT2D eigenvalue weighted by Crippen LogP contribution is 2.16. The van der Waals surface area contributed by atoms with Crippen molar-refractivity contribution >= 4 is 5.96 Å². The number of hydrogen-bond donors (Lipinski definition) is 2. The van der Waals surface area contributed by atoms with E-state index in [2.05, 4.69) is 55.3 Å². The number of nitrogens with one attached hydrogen (secondary N) is 2. The van der Waals surface area contributed by atoms with Gasteiger partial charge in [0, 0.05) is 38.4 Å². The monoisotopic (exact) mass is 362 g/mol. The van der Waals surface area contributed by atoms with Crippen LogP contribution in [0.4, 0.5) is 0 Å². The Bertz CT molecular complexity index is 591. The van der Waals surface area contributed by atoms with Crippen molar-refractivity contribution in [1.82, 2.24) is 25.3 Å². The van der Waals surface area contributed by atoms with E-state index in [9.17, 15) is 0 Å². The molecule has 26 heavy (non-hydrogen) atoms. The molecule has 2 N–H and O–H groups in total. The molecule has 0 aliphatic carbocycles. The van der Waals surface area contributed by atoms with Crippen molar-refractivity contribution in [2.45, 2.75) is 59.9 Å². The molecule has 2 rings (SSSR count). The quantitative estimate of drug-likeness (QED) is 0.577. The molecule has 1 aromatic heterocycles. The zero-order valence-electron chi connectivity index (χ0n) is 17.6.